The van der Waals surface area contributed by atoms with Gasteiger partial charge in [0.2, 0.25) is 11.2 Å². The molecule has 1 aromatic carbocycles. The highest BCUT2D eigenvalue weighted by Crippen LogP contribution is 2.35. The van der Waals surface area contributed by atoms with Gasteiger partial charge >= 0.3 is 6.18 Å². The standard InChI is InChI=1S/C17H15ClF3N5O3/c1-8(10-3-11(17(19,20)21)5-12(4-10)26(28)29)22-15-13-6-25(9(2)27)7-14(13)23-16(18)24-15/h3-5,8H,6-7H2,1-2H3,(H,22,23,24)/t8-/m1/s1. The highest BCUT2D eigenvalue weighted by atomic mass is 35.5. The molecule has 1 aliphatic rings. The Balaban J connectivity index is 1.96. The number of non-ortho nitro benzene ring substituents is 1. The molecule has 8 nitrogen and oxygen atoms in total. The Labute approximate surface area is 167 Å². The van der Waals surface area contributed by atoms with E-state index in [0.717, 1.165) is 12.1 Å². The fraction of sp³-hybridized carbons (Fsp3) is 0.353. The molecule has 1 amide bonds. The SMILES string of the molecule is CC(=O)N1Cc2nc(Cl)nc(N[C@H](C)c3cc([N+](=O)[O-])cc(C(F)(F)F)c3)c2C1. The van der Waals surface area contributed by atoms with Crippen LogP contribution in [-0.4, -0.2) is 25.7 Å². The van der Waals surface area contributed by atoms with E-state index >= 15 is 0 Å². The summed E-state index contributed by atoms with van der Waals surface area (Å²) < 4.78 is 39.4. The molecule has 0 aliphatic carbocycles. The number of anilines is 1. The summed E-state index contributed by atoms with van der Waals surface area (Å²) in [5, 5.41) is 13.9. The number of nitro benzene ring substituents is 1. The van der Waals surface area contributed by atoms with Crippen molar-refractivity contribution >= 4 is 29.0 Å². The smallest absolute Gasteiger partial charge is 0.363 e. The van der Waals surface area contributed by atoms with Crippen LogP contribution in [0, 0.1) is 10.1 Å². The average molecular weight is 430 g/mol. The fourth-order valence-electron chi connectivity index (χ4n) is 3.01. The molecule has 0 spiro atoms. The predicted octanol–water partition coefficient (Wildman–Crippen LogP) is 4.09. The third-order valence-electron chi connectivity index (χ3n) is 4.53. The zero-order chi connectivity index (χ0) is 21.5. The van der Waals surface area contributed by atoms with E-state index in [1.165, 1.54) is 11.8 Å². The van der Waals surface area contributed by atoms with Gasteiger partial charge in [0.05, 0.1) is 35.3 Å². The second kappa shape index (κ2) is 7.47. The van der Waals surface area contributed by atoms with Gasteiger partial charge in [-0.3, -0.25) is 14.9 Å². The molecule has 0 bridgehead atoms. The molecule has 1 atom stereocenters. The van der Waals surface area contributed by atoms with E-state index in [-0.39, 0.29) is 35.7 Å². The first-order chi connectivity index (χ1) is 13.5. The highest BCUT2D eigenvalue weighted by molar-refractivity contribution is 6.28. The van der Waals surface area contributed by atoms with E-state index in [1.54, 1.807) is 6.92 Å². The number of nitro groups is 1. The van der Waals surface area contributed by atoms with Crippen LogP contribution in [0.2, 0.25) is 5.28 Å². The number of amides is 1. The van der Waals surface area contributed by atoms with Gasteiger partial charge in [-0.05, 0) is 30.2 Å². The van der Waals surface area contributed by atoms with Crippen molar-refractivity contribution < 1.29 is 22.9 Å². The van der Waals surface area contributed by atoms with Crippen LogP contribution in [0.15, 0.2) is 18.2 Å². The van der Waals surface area contributed by atoms with Crippen LogP contribution in [0.1, 0.15) is 42.3 Å². The minimum Gasteiger partial charge on any atom is -0.363 e. The lowest BCUT2D eigenvalue weighted by Crippen LogP contribution is -2.22. The van der Waals surface area contributed by atoms with E-state index < -0.39 is 28.4 Å². The summed E-state index contributed by atoms with van der Waals surface area (Å²) in [4.78, 5) is 31.5. The highest BCUT2D eigenvalue weighted by Gasteiger charge is 2.33. The monoisotopic (exact) mass is 429 g/mol. The number of halogens is 4. The van der Waals surface area contributed by atoms with Crippen LogP contribution >= 0.6 is 11.6 Å². The lowest BCUT2D eigenvalue weighted by Gasteiger charge is -2.18. The number of aromatic nitrogens is 2. The van der Waals surface area contributed by atoms with Crippen LogP contribution in [0.4, 0.5) is 24.7 Å². The molecule has 29 heavy (non-hydrogen) atoms. The average Bonchev–Trinajstić information content (AvgIpc) is 3.05. The molecule has 1 N–H and O–H groups in total. The second-order valence-corrected chi connectivity index (χ2v) is 6.91. The molecule has 1 aliphatic heterocycles. The lowest BCUT2D eigenvalue weighted by molar-refractivity contribution is -0.385. The molecule has 1 aromatic heterocycles. The van der Waals surface area contributed by atoms with Crippen LogP contribution in [0.3, 0.4) is 0 Å². The first-order valence-corrected chi connectivity index (χ1v) is 8.77. The molecule has 0 radical (unpaired) electrons. The van der Waals surface area contributed by atoms with Gasteiger partial charge in [0.1, 0.15) is 5.82 Å². The number of carbonyl (C=O) groups excluding carboxylic acids is 1. The van der Waals surface area contributed by atoms with Gasteiger partial charge < -0.3 is 10.2 Å². The van der Waals surface area contributed by atoms with Gasteiger partial charge in [-0.15, -0.1) is 0 Å². The number of hydrogen-bond donors (Lipinski definition) is 1. The van der Waals surface area contributed by atoms with Crippen molar-refractivity contribution in [2.75, 3.05) is 5.32 Å². The van der Waals surface area contributed by atoms with Crippen LogP contribution in [0.5, 0.6) is 0 Å². The molecule has 0 unspecified atom stereocenters. The Bertz CT molecular complexity index is 999. The van der Waals surface area contributed by atoms with Crippen molar-refractivity contribution in [3.05, 3.63) is 56.0 Å². The Hall–Kier alpha value is -2.95. The number of benzene rings is 1. The molecular formula is C17H15ClF3N5O3. The van der Waals surface area contributed by atoms with Crippen molar-refractivity contribution in [2.24, 2.45) is 0 Å². The van der Waals surface area contributed by atoms with E-state index in [9.17, 15) is 28.1 Å². The third-order valence-corrected chi connectivity index (χ3v) is 4.70. The Kier molecular flexibility index (Phi) is 5.35. The third kappa shape index (κ3) is 4.39. The molecule has 3 rings (SSSR count). The van der Waals surface area contributed by atoms with Gasteiger partial charge in [0, 0.05) is 24.6 Å². The minimum atomic E-state index is -4.73. The number of alkyl halides is 3. The van der Waals surface area contributed by atoms with Gasteiger partial charge in [0.15, 0.2) is 0 Å². The van der Waals surface area contributed by atoms with E-state index in [4.69, 9.17) is 11.6 Å². The summed E-state index contributed by atoms with van der Waals surface area (Å²) in [6.07, 6.45) is -4.73. The van der Waals surface area contributed by atoms with Crippen LogP contribution in [-0.2, 0) is 24.1 Å². The summed E-state index contributed by atoms with van der Waals surface area (Å²) in [6.45, 7) is 3.41. The number of nitrogens with zero attached hydrogens (tertiary/aromatic N) is 4. The number of rotatable bonds is 4. The second-order valence-electron chi connectivity index (χ2n) is 6.58. The largest absolute Gasteiger partial charge is 0.416 e. The number of hydrogen-bond acceptors (Lipinski definition) is 6. The van der Waals surface area contributed by atoms with Gasteiger partial charge in [-0.2, -0.15) is 13.2 Å². The normalized spacial score (nSPS) is 14.5. The maximum absolute atomic E-state index is 13.1. The predicted molar refractivity (Wildman–Crippen MR) is 97.1 cm³/mol. The van der Waals surface area contributed by atoms with E-state index in [1.807, 2.05) is 0 Å². The summed E-state index contributed by atoms with van der Waals surface area (Å²) in [5.74, 6) is 0.0861. The van der Waals surface area contributed by atoms with Crippen molar-refractivity contribution in [2.45, 2.75) is 39.2 Å². The Morgan fingerprint density at radius 1 is 1.31 bits per heavy atom. The topological polar surface area (TPSA) is 101 Å². The van der Waals surface area contributed by atoms with Crippen LogP contribution < -0.4 is 5.32 Å². The number of nitrogens with one attached hydrogen (secondary N) is 1. The quantitative estimate of drug-likeness (QED) is 0.446. The van der Waals surface area contributed by atoms with Crippen LogP contribution in [0.25, 0.3) is 0 Å². The van der Waals surface area contributed by atoms with Crippen molar-refractivity contribution in [3.8, 4) is 0 Å². The van der Waals surface area contributed by atoms with E-state index in [2.05, 4.69) is 15.3 Å². The molecule has 154 valence electrons. The summed E-state index contributed by atoms with van der Waals surface area (Å²) in [7, 11) is 0. The summed E-state index contributed by atoms with van der Waals surface area (Å²) >= 11 is 5.93. The zero-order valence-electron chi connectivity index (χ0n) is 15.2. The maximum Gasteiger partial charge on any atom is 0.416 e. The van der Waals surface area contributed by atoms with Gasteiger partial charge in [-0.1, -0.05) is 0 Å². The fourth-order valence-corrected chi connectivity index (χ4v) is 3.20. The zero-order valence-corrected chi connectivity index (χ0v) is 16.0. The number of carbonyl (C=O) groups is 1. The Morgan fingerprint density at radius 3 is 2.59 bits per heavy atom. The summed E-state index contributed by atoms with van der Waals surface area (Å²) in [6, 6.07) is 1.63. The molecule has 2 aromatic rings. The van der Waals surface area contributed by atoms with Crippen molar-refractivity contribution in [1.29, 1.82) is 0 Å². The van der Waals surface area contributed by atoms with Crippen molar-refractivity contribution in [3.63, 3.8) is 0 Å². The van der Waals surface area contributed by atoms with Gasteiger partial charge in [0.25, 0.3) is 5.69 Å². The molecule has 12 heteroatoms. The van der Waals surface area contributed by atoms with Gasteiger partial charge in [-0.25, -0.2) is 9.97 Å². The Morgan fingerprint density at radius 2 is 2.00 bits per heavy atom. The first kappa shape index (κ1) is 20.8. The molecular weight excluding hydrogens is 415 g/mol. The molecule has 0 saturated heterocycles. The van der Waals surface area contributed by atoms with Crippen molar-refractivity contribution in [1.82, 2.24) is 14.9 Å². The molecule has 0 fully saturated rings. The first-order valence-electron chi connectivity index (χ1n) is 8.39. The minimum absolute atomic E-state index is 0.0523. The summed E-state index contributed by atoms with van der Waals surface area (Å²) in [5.41, 5.74) is -0.611. The molecule has 2 heterocycles. The van der Waals surface area contributed by atoms with E-state index in [0.29, 0.717) is 17.3 Å². The molecule has 0 saturated carbocycles. The lowest BCUT2D eigenvalue weighted by atomic mass is 10.0. The number of fused-ring (bicyclic) bond motifs is 1. The maximum atomic E-state index is 13.1.